The summed E-state index contributed by atoms with van der Waals surface area (Å²) in [5.74, 6) is -1.67. The van der Waals surface area contributed by atoms with E-state index >= 15 is 0 Å². The third-order valence-electron chi connectivity index (χ3n) is 2.59. The first-order chi connectivity index (χ1) is 8.20. The minimum absolute atomic E-state index is 0.483. The Bertz CT molecular complexity index is 526. The van der Waals surface area contributed by atoms with Crippen LogP contribution in [0.5, 0.6) is 0 Å². The van der Waals surface area contributed by atoms with Gasteiger partial charge in [-0.2, -0.15) is 0 Å². The summed E-state index contributed by atoms with van der Waals surface area (Å²) in [6.45, 7) is 0. The van der Waals surface area contributed by atoms with Crippen molar-refractivity contribution in [3.8, 4) is 0 Å². The van der Waals surface area contributed by atoms with Crippen molar-refractivity contribution in [2.45, 2.75) is 5.92 Å². The lowest BCUT2D eigenvalue weighted by molar-refractivity contribution is -0.137. The highest BCUT2D eigenvalue weighted by atomic mass is 16.4. The fourth-order valence-electron chi connectivity index (χ4n) is 1.78. The first-order valence-electron chi connectivity index (χ1n) is 5.17. The molecule has 0 saturated heterocycles. The number of pyridine rings is 1. The van der Waals surface area contributed by atoms with Crippen LogP contribution in [0.2, 0.25) is 0 Å². The van der Waals surface area contributed by atoms with Crippen LogP contribution >= 0.6 is 0 Å². The number of para-hydroxylation sites is 1. The van der Waals surface area contributed by atoms with E-state index < -0.39 is 11.9 Å². The fourth-order valence-corrected chi connectivity index (χ4v) is 1.78. The maximum atomic E-state index is 11.4. The molecular formula is C13H12N2O2. The Morgan fingerprint density at radius 1 is 1.18 bits per heavy atom. The number of carbonyl (C=O) groups is 1. The first-order valence-corrected chi connectivity index (χ1v) is 5.17. The number of carboxylic acids is 1. The average molecular weight is 228 g/mol. The van der Waals surface area contributed by atoms with Gasteiger partial charge < -0.3 is 10.8 Å². The summed E-state index contributed by atoms with van der Waals surface area (Å²) in [5, 5.41) is 9.33. The van der Waals surface area contributed by atoms with E-state index in [4.69, 9.17) is 5.73 Å². The topological polar surface area (TPSA) is 76.2 Å². The van der Waals surface area contributed by atoms with Crippen LogP contribution in [0.3, 0.4) is 0 Å². The van der Waals surface area contributed by atoms with Crippen molar-refractivity contribution in [2.24, 2.45) is 0 Å². The Morgan fingerprint density at radius 2 is 1.82 bits per heavy atom. The van der Waals surface area contributed by atoms with Gasteiger partial charge in [0.25, 0.3) is 0 Å². The summed E-state index contributed by atoms with van der Waals surface area (Å²) in [6, 6.07) is 10.4. The molecule has 1 atom stereocenters. The molecule has 0 fully saturated rings. The Hall–Kier alpha value is -2.36. The van der Waals surface area contributed by atoms with E-state index in [2.05, 4.69) is 4.98 Å². The van der Waals surface area contributed by atoms with E-state index in [1.54, 1.807) is 48.8 Å². The van der Waals surface area contributed by atoms with Gasteiger partial charge in [0.1, 0.15) is 5.92 Å². The van der Waals surface area contributed by atoms with Gasteiger partial charge in [-0.3, -0.25) is 9.78 Å². The molecule has 2 aromatic rings. The molecule has 2 rings (SSSR count). The maximum absolute atomic E-state index is 11.4. The molecular weight excluding hydrogens is 216 g/mol. The number of nitrogens with two attached hydrogens (primary N) is 1. The molecule has 0 radical (unpaired) electrons. The van der Waals surface area contributed by atoms with E-state index in [1.807, 2.05) is 0 Å². The van der Waals surface area contributed by atoms with Crippen LogP contribution in [0, 0.1) is 0 Å². The zero-order valence-electron chi connectivity index (χ0n) is 9.08. The highest BCUT2D eigenvalue weighted by Crippen LogP contribution is 2.28. The molecule has 0 aliphatic rings. The normalized spacial score (nSPS) is 12.0. The van der Waals surface area contributed by atoms with Gasteiger partial charge in [-0.15, -0.1) is 0 Å². The van der Waals surface area contributed by atoms with E-state index in [0.29, 0.717) is 16.8 Å². The van der Waals surface area contributed by atoms with Gasteiger partial charge in [0.2, 0.25) is 0 Å². The SMILES string of the molecule is Nc1ccccc1C(C(=O)O)c1ccncc1. The number of hydrogen-bond donors (Lipinski definition) is 2. The molecule has 1 aromatic heterocycles. The van der Waals surface area contributed by atoms with E-state index in [0.717, 1.165) is 0 Å². The molecule has 4 heteroatoms. The molecule has 0 aliphatic heterocycles. The molecule has 86 valence electrons. The van der Waals surface area contributed by atoms with Crippen LogP contribution in [-0.4, -0.2) is 16.1 Å². The number of nitrogen functional groups attached to an aromatic ring is 1. The number of nitrogens with zero attached hydrogens (tertiary/aromatic N) is 1. The number of rotatable bonds is 3. The first kappa shape index (κ1) is 11.1. The van der Waals surface area contributed by atoms with Gasteiger partial charge in [0, 0.05) is 18.1 Å². The number of hydrogen-bond acceptors (Lipinski definition) is 3. The van der Waals surface area contributed by atoms with Crippen molar-refractivity contribution in [2.75, 3.05) is 5.73 Å². The summed E-state index contributed by atoms with van der Waals surface area (Å²) in [7, 11) is 0. The van der Waals surface area contributed by atoms with Gasteiger partial charge in [0.05, 0.1) is 0 Å². The molecule has 0 amide bonds. The molecule has 3 N–H and O–H groups in total. The fraction of sp³-hybridized carbons (Fsp3) is 0.0769. The number of aliphatic carboxylic acids is 1. The largest absolute Gasteiger partial charge is 0.481 e. The zero-order chi connectivity index (χ0) is 12.3. The van der Waals surface area contributed by atoms with Crippen LogP contribution < -0.4 is 5.73 Å². The lowest BCUT2D eigenvalue weighted by Crippen LogP contribution is -2.14. The van der Waals surface area contributed by atoms with Gasteiger partial charge in [-0.05, 0) is 29.3 Å². The van der Waals surface area contributed by atoms with Gasteiger partial charge in [-0.1, -0.05) is 18.2 Å². The van der Waals surface area contributed by atoms with E-state index in [9.17, 15) is 9.90 Å². The summed E-state index contributed by atoms with van der Waals surface area (Å²) < 4.78 is 0. The van der Waals surface area contributed by atoms with Gasteiger partial charge in [-0.25, -0.2) is 0 Å². The number of benzene rings is 1. The molecule has 1 unspecified atom stereocenters. The minimum atomic E-state index is -0.922. The molecule has 4 nitrogen and oxygen atoms in total. The highest BCUT2D eigenvalue weighted by molar-refractivity contribution is 5.82. The van der Waals surface area contributed by atoms with E-state index in [-0.39, 0.29) is 0 Å². The monoisotopic (exact) mass is 228 g/mol. The Morgan fingerprint density at radius 3 is 2.41 bits per heavy atom. The van der Waals surface area contributed by atoms with Crippen molar-refractivity contribution in [1.29, 1.82) is 0 Å². The molecule has 1 aromatic carbocycles. The van der Waals surface area contributed by atoms with E-state index in [1.165, 1.54) is 0 Å². The lowest BCUT2D eigenvalue weighted by Gasteiger charge is -2.14. The van der Waals surface area contributed by atoms with Crippen molar-refractivity contribution < 1.29 is 9.90 Å². The number of aromatic nitrogens is 1. The quantitative estimate of drug-likeness (QED) is 0.786. The average Bonchev–Trinajstić information content (AvgIpc) is 2.33. The molecule has 0 bridgehead atoms. The second-order valence-electron chi connectivity index (χ2n) is 3.68. The van der Waals surface area contributed by atoms with Gasteiger partial charge in [0.15, 0.2) is 0 Å². The second kappa shape index (κ2) is 4.65. The second-order valence-corrected chi connectivity index (χ2v) is 3.68. The Labute approximate surface area is 98.7 Å². The van der Waals surface area contributed by atoms with Crippen LogP contribution in [0.15, 0.2) is 48.8 Å². The molecule has 17 heavy (non-hydrogen) atoms. The molecule has 0 saturated carbocycles. The number of carboxylic acid groups (broad SMARTS) is 1. The number of anilines is 1. The summed E-state index contributed by atoms with van der Waals surface area (Å²) in [6.07, 6.45) is 3.15. The Balaban J connectivity index is 2.51. The van der Waals surface area contributed by atoms with Crippen LogP contribution in [0.4, 0.5) is 5.69 Å². The summed E-state index contributed by atoms with van der Waals surface area (Å²) >= 11 is 0. The standard InChI is InChI=1S/C13H12N2O2/c14-11-4-2-1-3-10(11)12(13(16)17)9-5-7-15-8-6-9/h1-8,12H,14H2,(H,16,17). The summed E-state index contributed by atoms with van der Waals surface area (Å²) in [5.41, 5.74) is 7.58. The predicted molar refractivity (Wildman–Crippen MR) is 64.6 cm³/mol. The van der Waals surface area contributed by atoms with Crippen LogP contribution in [0.25, 0.3) is 0 Å². The summed E-state index contributed by atoms with van der Waals surface area (Å²) in [4.78, 5) is 15.3. The zero-order valence-corrected chi connectivity index (χ0v) is 9.08. The third kappa shape index (κ3) is 2.25. The Kier molecular flexibility index (Phi) is 3.05. The predicted octanol–water partition coefficient (Wildman–Crippen LogP) is 1.88. The van der Waals surface area contributed by atoms with Gasteiger partial charge >= 0.3 is 5.97 Å². The third-order valence-corrected chi connectivity index (χ3v) is 2.59. The van der Waals surface area contributed by atoms with Crippen LogP contribution in [0.1, 0.15) is 17.0 Å². The molecule has 0 aliphatic carbocycles. The van der Waals surface area contributed by atoms with Crippen molar-refractivity contribution >= 4 is 11.7 Å². The maximum Gasteiger partial charge on any atom is 0.315 e. The smallest absolute Gasteiger partial charge is 0.315 e. The van der Waals surface area contributed by atoms with Crippen molar-refractivity contribution in [3.63, 3.8) is 0 Å². The lowest BCUT2D eigenvalue weighted by atomic mass is 9.91. The van der Waals surface area contributed by atoms with Crippen LogP contribution in [-0.2, 0) is 4.79 Å². The van der Waals surface area contributed by atoms with Crippen molar-refractivity contribution in [1.82, 2.24) is 4.98 Å². The van der Waals surface area contributed by atoms with Crippen molar-refractivity contribution in [3.05, 3.63) is 59.9 Å². The molecule has 1 heterocycles. The minimum Gasteiger partial charge on any atom is -0.481 e. The highest BCUT2D eigenvalue weighted by Gasteiger charge is 2.23. The molecule has 0 spiro atoms.